The second-order valence-corrected chi connectivity index (χ2v) is 3.12. The number of nitrogens with zero attached hydrogens (tertiary/aromatic N) is 1. The van der Waals surface area contributed by atoms with Crippen molar-refractivity contribution < 1.29 is 9.30 Å². The van der Waals surface area contributed by atoms with Crippen molar-refractivity contribution in [2.24, 2.45) is 7.05 Å². The zero-order chi connectivity index (χ0) is 9.97. The maximum absolute atomic E-state index is 5.29. The molecule has 1 N–H and O–H groups in total. The number of methoxy groups -OCH3 is 1. The maximum Gasteiger partial charge on any atom is 0.290 e. The van der Waals surface area contributed by atoms with Crippen LogP contribution in [0.15, 0.2) is 36.7 Å². The molecule has 1 heterocycles. The van der Waals surface area contributed by atoms with Crippen molar-refractivity contribution in [3.63, 3.8) is 0 Å². The molecule has 0 aliphatic rings. The van der Waals surface area contributed by atoms with Gasteiger partial charge >= 0.3 is 0 Å². The summed E-state index contributed by atoms with van der Waals surface area (Å²) >= 11 is 0. The molecule has 0 radical (unpaired) electrons. The van der Waals surface area contributed by atoms with Gasteiger partial charge in [-0.1, -0.05) is 12.1 Å². The topological polar surface area (TPSA) is 28.9 Å². The summed E-state index contributed by atoms with van der Waals surface area (Å²) in [6.45, 7) is 0. The molecule has 1 aromatic heterocycles. The van der Waals surface area contributed by atoms with Crippen LogP contribution in [-0.4, -0.2) is 12.1 Å². The van der Waals surface area contributed by atoms with Crippen molar-refractivity contribution in [3.05, 3.63) is 36.7 Å². The molecule has 0 spiro atoms. The van der Waals surface area contributed by atoms with E-state index >= 15 is 0 Å². The maximum atomic E-state index is 5.29. The van der Waals surface area contributed by atoms with Crippen molar-refractivity contribution in [1.82, 2.24) is 4.98 Å². The third kappa shape index (κ3) is 1.37. The van der Waals surface area contributed by atoms with Gasteiger partial charge in [0.2, 0.25) is 0 Å². The third-order valence-corrected chi connectivity index (χ3v) is 2.23. The molecule has 2 aromatic rings. The molecule has 0 aliphatic carbocycles. The van der Waals surface area contributed by atoms with E-state index in [0.29, 0.717) is 0 Å². The normalized spacial score (nSPS) is 10.1. The molecule has 0 saturated carbocycles. The van der Waals surface area contributed by atoms with Crippen LogP contribution < -0.4 is 9.30 Å². The molecule has 0 amide bonds. The summed E-state index contributed by atoms with van der Waals surface area (Å²) in [5.74, 6) is 1.92. The molecule has 0 saturated heterocycles. The fourth-order valence-corrected chi connectivity index (χ4v) is 1.51. The van der Waals surface area contributed by atoms with Crippen molar-refractivity contribution in [3.8, 4) is 17.1 Å². The van der Waals surface area contributed by atoms with Crippen LogP contribution in [0.4, 0.5) is 0 Å². The van der Waals surface area contributed by atoms with E-state index in [0.717, 1.165) is 17.1 Å². The first-order valence-electron chi connectivity index (χ1n) is 4.49. The van der Waals surface area contributed by atoms with Crippen molar-refractivity contribution in [1.29, 1.82) is 0 Å². The summed E-state index contributed by atoms with van der Waals surface area (Å²) in [7, 11) is 3.68. The highest BCUT2D eigenvalue weighted by atomic mass is 16.5. The summed E-state index contributed by atoms with van der Waals surface area (Å²) < 4.78 is 7.32. The minimum Gasteiger partial charge on any atom is -0.496 e. The number of rotatable bonds is 2. The van der Waals surface area contributed by atoms with Crippen LogP contribution in [0.1, 0.15) is 0 Å². The molecular formula is C11H13N2O+. The Kier molecular flexibility index (Phi) is 2.23. The fraction of sp³-hybridized carbons (Fsp3) is 0.182. The van der Waals surface area contributed by atoms with Crippen molar-refractivity contribution in [2.45, 2.75) is 0 Å². The Bertz CT molecular complexity index is 434. The van der Waals surface area contributed by atoms with Crippen LogP contribution in [0.25, 0.3) is 11.4 Å². The number of ether oxygens (including phenoxy) is 1. The quantitative estimate of drug-likeness (QED) is 0.713. The lowest BCUT2D eigenvalue weighted by Gasteiger charge is -2.03. The van der Waals surface area contributed by atoms with Gasteiger partial charge in [0.15, 0.2) is 0 Å². The second kappa shape index (κ2) is 3.54. The number of nitrogens with one attached hydrogen (secondary N) is 1. The van der Waals surface area contributed by atoms with Gasteiger partial charge in [-0.3, -0.25) is 0 Å². The molecule has 3 nitrogen and oxygen atoms in total. The summed E-state index contributed by atoms with van der Waals surface area (Å²) in [5, 5.41) is 0. The van der Waals surface area contributed by atoms with Gasteiger partial charge in [0.1, 0.15) is 23.7 Å². The Morgan fingerprint density at radius 3 is 2.71 bits per heavy atom. The van der Waals surface area contributed by atoms with Gasteiger partial charge in [0, 0.05) is 0 Å². The highest BCUT2D eigenvalue weighted by molar-refractivity contribution is 5.61. The van der Waals surface area contributed by atoms with Gasteiger partial charge in [-0.05, 0) is 12.1 Å². The predicted molar refractivity (Wildman–Crippen MR) is 54.0 cm³/mol. The molecule has 14 heavy (non-hydrogen) atoms. The Morgan fingerprint density at radius 2 is 2.07 bits per heavy atom. The van der Waals surface area contributed by atoms with Gasteiger partial charge in [0.25, 0.3) is 5.82 Å². The lowest BCUT2D eigenvalue weighted by molar-refractivity contribution is -0.658. The van der Waals surface area contributed by atoms with E-state index in [1.54, 1.807) is 7.11 Å². The lowest BCUT2D eigenvalue weighted by atomic mass is 10.2. The third-order valence-electron chi connectivity index (χ3n) is 2.23. The first-order chi connectivity index (χ1) is 6.83. The van der Waals surface area contributed by atoms with E-state index in [9.17, 15) is 0 Å². The van der Waals surface area contributed by atoms with E-state index in [-0.39, 0.29) is 0 Å². The number of H-pyrrole nitrogens is 1. The van der Waals surface area contributed by atoms with Crippen LogP contribution in [0.5, 0.6) is 5.75 Å². The smallest absolute Gasteiger partial charge is 0.290 e. The summed E-state index contributed by atoms with van der Waals surface area (Å²) in [5.41, 5.74) is 1.07. The average molecular weight is 189 g/mol. The Balaban J connectivity index is 2.56. The number of aromatic amines is 1. The summed E-state index contributed by atoms with van der Waals surface area (Å²) in [6, 6.07) is 7.95. The van der Waals surface area contributed by atoms with Crippen LogP contribution >= 0.6 is 0 Å². The number of hydrogen-bond acceptors (Lipinski definition) is 1. The van der Waals surface area contributed by atoms with Gasteiger partial charge < -0.3 is 4.74 Å². The molecule has 0 fully saturated rings. The predicted octanol–water partition coefficient (Wildman–Crippen LogP) is 1.51. The molecule has 1 aromatic carbocycles. The van der Waals surface area contributed by atoms with E-state index in [4.69, 9.17) is 4.74 Å². The fourth-order valence-electron chi connectivity index (χ4n) is 1.51. The highest BCUT2D eigenvalue weighted by Crippen LogP contribution is 2.25. The summed E-state index contributed by atoms with van der Waals surface area (Å²) in [6.07, 6.45) is 3.88. The highest BCUT2D eigenvalue weighted by Gasteiger charge is 2.14. The van der Waals surface area contributed by atoms with Crippen LogP contribution in [0, 0.1) is 0 Å². The molecule has 0 atom stereocenters. The second-order valence-electron chi connectivity index (χ2n) is 3.12. The van der Waals surface area contributed by atoms with Crippen LogP contribution in [-0.2, 0) is 7.05 Å². The standard InChI is InChI=1S/C11H12N2O/c1-13-8-7-12-11(13)9-5-3-4-6-10(9)14-2/h3-8H,1-2H3/p+1. The first-order valence-corrected chi connectivity index (χ1v) is 4.49. The first kappa shape index (κ1) is 8.81. The molecule has 0 bridgehead atoms. The van der Waals surface area contributed by atoms with Gasteiger partial charge in [-0.15, -0.1) is 0 Å². The number of hydrogen-bond donors (Lipinski definition) is 1. The van der Waals surface area contributed by atoms with E-state index in [1.165, 1.54) is 0 Å². The number of aromatic nitrogens is 2. The molecule has 72 valence electrons. The van der Waals surface area contributed by atoms with Crippen LogP contribution in [0.2, 0.25) is 0 Å². The zero-order valence-corrected chi connectivity index (χ0v) is 8.32. The summed E-state index contributed by atoms with van der Waals surface area (Å²) in [4.78, 5) is 3.18. The number of para-hydroxylation sites is 1. The Hall–Kier alpha value is -1.77. The molecular weight excluding hydrogens is 176 g/mol. The van der Waals surface area contributed by atoms with E-state index in [1.807, 2.05) is 48.3 Å². The van der Waals surface area contributed by atoms with Gasteiger partial charge in [-0.2, -0.15) is 0 Å². The minimum absolute atomic E-state index is 0.880. The molecule has 0 aliphatic heterocycles. The van der Waals surface area contributed by atoms with E-state index in [2.05, 4.69) is 4.98 Å². The van der Waals surface area contributed by atoms with E-state index < -0.39 is 0 Å². The Morgan fingerprint density at radius 1 is 1.29 bits per heavy atom. The molecule has 0 unspecified atom stereocenters. The van der Waals surface area contributed by atoms with Gasteiger partial charge in [0.05, 0.1) is 14.2 Å². The SMILES string of the molecule is COc1ccccc1-c1[nH]cc[n+]1C. The Labute approximate surface area is 83.0 Å². The van der Waals surface area contributed by atoms with Crippen molar-refractivity contribution in [2.75, 3.05) is 7.11 Å². The monoisotopic (exact) mass is 189 g/mol. The largest absolute Gasteiger partial charge is 0.496 e. The number of benzene rings is 1. The average Bonchev–Trinajstić information content (AvgIpc) is 2.64. The molecule has 2 rings (SSSR count). The number of imidazole rings is 1. The zero-order valence-electron chi connectivity index (χ0n) is 8.32. The lowest BCUT2D eigenvalue weighted by Crippen LogP contribution is -2.27. The minimum atomic E-state index is 0.880. The number of aryl methyl sites for hydroxylation is 1. The molecule has 3 heteroatoms. The van der Waals surface area contributed by atoms with Gasteiger partial charge in [-0.25, -0.2) is 9.55 Å². The van der Waals surface area contributed by atoms with Crippen molar-refractivity contribution >= 4 is 0 Å². The van der Waals surface area contributed by atoms with Crippen LogP contribution in [0.3, 0.4) is 0 Å².